The molecule has 0 saturated carbocycles. The van der Waals surface area contributed by atoms with Crippen LogP contribution in [0.5, 0.6) is 0 Å². The van der Waals surface area contributed by atoms with Crippen LogP contribution in [0.1, 0.15) is 239 Å². The molecule has 0 aromatic carbocycles. The number of esters is 1. The molecule has 1 saturated heterocycles. The van der Waals surface area contributed by atoms with Gasteiger partial charge in [0.25, 0.3) is 0 Å². The molecule has 406 valence electrons. The van der Waals surface area contributed by atoms with Gasteiger partial charge in [0.15, 0.2) is 12.4 Å². The van der Waals surface area contributed by atoms with Gasteiger partial charge in [-0.3, -0.25) is 9.59 Å². The van der Waals surface area contributed by atoms with E-state index in [1.165, 1.54) is 89.9 Å². The average Bonchev–Trinajstić information content (AvgIpc) is 3.36. The Hall–Kier alpha value is -2.64. The van der Waals surface area contributed by atoms with Crippen molar-refractivity contribution in [2.75, 3.05) is 13.2 Å². The number of rotatable bonds is 47. The molecule has 0 aromatic rings. The smallest absolute Gasteiger partial charge is 0.306 e. The molecular weight excluding hydrogens is 883 g/mol. The normalized spacial score (nSPS) is 20.1. The van der Waals surface area contributed by atoms with Crippen LogP contribution >= 0.6 is 0 Å². The van der Waals surface area contributed by atoms with Crippen molar-refractivity contribution in [3.8, 4) is 0 Å². The van der Waals surface area contributed by atoms with Crippen molar-refractivity contribution in [2.45, 2.75) is 288 Å². The van der Waals surface area contributed by atoms with Crippen molar-refractivity contribution in [1.82, 2.24) is 5.32 Å². The maximum absolute atomic E-state index is 13.4. The van der Waals surface area contributed by atoms with Gasteiger partial charge in [0.05, 0.1) is 25.4 Å². The molecule has 1 amide bonds. The minimum atomic E-state index is -1.62. The largest absolute Gasteiger partial charge is 0.454 e. The molecule has 0 aliphatic carbocycles. The molecule has 0 spiro atoms. The Morgan fingerprint density at radius 1 is 0.586 bits per heavy atom. The average molecular weight is 988 g/mol. The first kappa shape index (κ1) is 65.4. The summed E-state index contributed by atoms with van der Waals surface area (Å²) in [7, 11) is 0. The Labute approximate surface area is 427 Å². The van der Waals surface area contributed by atoms with E-state index in [0.717, 1.165) is 103 Å². The van der Waals surface area contributed by atoms with E-state index >= 15 is 0 Å². The lowest BCUT2D eigenvalue weighted by Gasteiger charge is -2.41. The molecule has 1 aliphatic heterocycles. The lowest BCUT2D eigenvalue weighted by Crippen LogP contribution is -2.61. The molecule has 11 nitrogen and oxygen atoms in total. The van der Waals surface area contributed by atoms with E-state index in [1.54, 1.807) is 6.08 Å². The van der Waals surface area contributed by atoms with Gasteiger partial charge in [-0.05, 0) is 77.0 Å². The van der Waals surface area contributed by atoms with Crippen molar-refractivity contribution in [3.63, 3.8) is 0 Å². The van der Waals surface area contributed by atoms with Crippen LogP contribution in [-0.4, -0.2) is 99.6 Å². The molecule has 8 unspecified atom stereocenters. The molecule has 1 rings (SSSR count). The summed E-state index contributed by atoms with van der Waals surface area (Å²) in [5.74, 6) is -1.22. The highest BCUT2D eigenvalue weighted by atomic mass is 16.7. The summed E-state index contributed by atoms with van der Waals surface area (Å²) in [6.07, 6.45) is 46.9. The molecular formula is C59H105NO10. The molecule has 8 atom stereocenters. The summed E-state index contributed by atoms with van der Waals surface area (Å²) in [4.78, 5) is 26.4. The highest BCUT2D eigenvalue weighted by Crippen LogP contribution is 2.26. The molecule has 1 fully saturated rings. The lowest BCUT2D eigenvalue weighted by atomic mass is 9.99. The molecule has 70 heavy (non-hydrogen) atoms. The number of allylic oxidation sites excluding steroid dienone is 9. The summed E-state index contributed by atoms with van der Waals surface area (Å²) in [5.41, 5.74) is 0. The number of hydrogen-bond donors (Lipinski definition) is 6. The van der Waals surface area contributed by atoms with Crippen molar-refractivity contribution in [2.24, 2.45) is 0 Å². The Balaban J connectivity index is 2.76. The van der Waals surface area contributed by atoms with Crippen molar-refractivity contribution >= 4 is 11.9 Å². The van der Waals surface area contributed by atoms with Gasteiger partial charge in [0, 0.05) is 6.42 Å². The Bertz CT molecular complexity index is 1370. The molecule has 1 aliphatic rings. The van der Waals surface area contributed by atoms with Crippen LogP contribution in [0.25, 0.3) is 0 Å². The number of nitrogens with one attached hydrogen (secondary N) is 1. The molecule has 0 bridgehead atoms. The predicted molar refractivity (Wildman–Crippen MR) is 287 cm³/mol. The SMILES string of the molecule is CC/C=C/C/C=C/CCCCCCCCCC(=O)OC1C(OCC(NC(=O)C(O)CCCCCCC/C=C/C=C/CCCCC)C(O)/C=C/CCCCCCCCCCCCC)OC(CO)C(O)C1O. The zero-order valence-corrected chi connectivity index (χ0v) is 44.6. The Morgan fingerprint density at radius 2 is 1.07 bits per heavy atom. The predicted octanol–water partition coefficient (Wildman–Crippen LogP) is 12.7. The fourth-order valence-corrected chi connectivity index (χ4v) is 8.62. The number of carbonyl (C=O) groups is 2. The van der Waals surface area contributed by atoms with Crippen LogP contribution in [0.15, 0.2) is 60.8 Å². The molecule has 11 heteroatoms. The van der Waals surface area contributed by atoms with E-state index in [-0.39, 0.29) is 19.4 Å². The second-order valence-electron chi connectivity index (χ2n) is 19.7. The number of unbranched alkanes of at least 4 members (excludes halogenated alkanes) is 26. The van der Waals surface area contributed by atoms with E-state index in [4.69, 9.17) is 14.2 Å². The highest BCUT2D eigenvalue weighted by Gasteiger charge is 2.47. The van der Waals surface area contributed by atoms with Crippen LogP contribution in [0.2, 0.25) is 0 Å². The third-order valence-corrected chi connectivity index (χ3v) is 13.2. The van der Waals surface area contributed by atoms with Crippen LogP contribution in [-0.2, 0) is 23.8 Å². The van der Waals surface area contributed by atoms with Gasteiger partial charge in [-0.25, -0.2) is 0 Å². The van der Waals surface area contributed by atoms with E-state index < -0.39 is 67.4 Å². The van der Waals surface area contributed by atoms with Crippen LogP contribution in [0, 0.1) is 0 Å². The van der Waals surface area contributed by atoms with Gasteiger partial charge in [-0.1, -0.05) is 216 Å². The summed E-state index contributed by atoms with van der Waals surface area (Å²) in [5, 5.41) is 56.8. The Morgan fingerprint density at radius 3 is 1.64 bits per heavy atom. The zero-order chi connectivity index (χ0) is 51.1. The number of aliphatic hydroxyl groups excluding tert-OH is 5. The number of amides is 1. The third-order valence-electron chi connectivity index (χ3n) is 13.2. The van der Waals surface area contributed by atoms with Crippen LogP contribution < -0.4 is 5.32 Å². The van der Waals surface area contributed by atoms with Crippen LogP contribution in [0.4, 0.5) is 0 Å². The van der Waals surface area contributed by atoms with E-state index in [9.17, 15) is 35.1 Å². The maximum atomic E-state index is 13.4. The third kappa shape index (κ3) is 35.5. The van der Waals surface area contributed by atoms with Gasteiger partial charge in [-0.2, -0.15) is 0 Å². The fraction of sp³-hybridized carbons (Fsp3) is 0.797. The van der Waals surface area contributed by atoms with Crippen molar-refractivity contribution in [1.29, 1.82) is 0 Å². The topological polar surface area (TPSA) is 175 Å². The number of carbonyl (C=O) groups excluding carboxylic acids is 2. The lowest BCUT2D eigenvalue weighted by molar-refractivity contribution is -0.305. The van der Waals surface area contributed by atoms with Crippen molar-refractivity contribution < 1.29 is 49.3 Å². The van der Waals surface area contributed by atoms with Gasteiger partial charge >= 0.3 is 5.97 Å². The minimum absolute atomic E-state index is 0.112. The van der Waals surface area contributed by atoms with Crippen LogP contribution in [0.3, 0.4) is 0 Å². The standard InChI is InChI=1S/C59H105NO10/c1-4-7-10-13-16-19-22-25-28-31-34-37-40-43-46-52(63)58(67)60-50(51(62)45-42-39-36-33-30-27-24-21-18-15-12-9-6-3)49-68-59-57(56(66)55(65)53(48-61)69-59)70-54(64)47-44-41-38-35-32-29-26-23-20-17-14-11-8-5-2/h8,11,16-17,19-20,22,25,42,45,50-53,55-57,59,61-63,65-66H,4-7,9-10,12-15,18,21,23-24,26-41,43-44,46-49H2,1-3H3,(H,60,67)/b11-8+,19-16+,20-17+,25-22+,45-42+. The fourth-order valence-electron chi connectivity index (χ4n) is 8.62. The maximum Gasteiger partial charge on any atom is 0.306 e. The summed E-state index contributed by atoms with van der Waals surface area (Å²) in [6, 6.07) is -1.03. The zero-order valence-electron chi connectivity index (χ0n) is 44.6. The van der Waals surface area contributed by atoms with Gasteiger partial charge in [-0.15, -0.1) is 0 Å². The molecule has 6 N–H and O–H groups in total. The first-order chi connectivity index (χ1) is 34.2. The highest BCUT2D eigenvalue weighted by molar-refractivity contribution is 5.80. The first-order valence-corrected chi connectivity index (χ1v) is 28.6. The minimum Gasteiger partial charge on any atom is -0.454 e. The Kier molecular flexibility index (Phi) is 44.2. The van der Waals surface area contributed by atoms with E-state index in [2.05, 4.69) is 74.7 Å². The molecule has 0 aromatic heterocycles. The van der Waals surface area contributed by atoms with Crippen molar-refractivity contribution in [3.05, 3.63) is 60.8 Å². The van der Waals surface area contributed by atoms with E-state index in [1.807, 2.05) is 6.08 Å². The monoisotopic (exact) mass is 988 g/mol. The summed E-state index contributed by atoms with van der Waals surface area (Å²) < 4.78 is 17.6. The number of ether oxygens (including phenoxy) is 3. The number of aliphatic hydroxyl groups is 5. The molecule has 1 heterocycles. The quantitative estimate of drug-likeness (QED) is 0.0149. The summed E-state index contributed by atoms with van der Waals surface area (Å²) >= 11 is 0. The number of hydrogen-bond acceptors (Lipinski definition) is 10. The van der Waals surface area contributed by atoms with Gasteiger partial charge < -0.3 is 45.1 Å². The second kappa shape index (κ2) is 47.4. The second-order valence-corrected chi connectivity index (χ2v) is 19.7. The van der Waals surface area contributed by atoms with Gasteiger partial charge in [0.1, 0.15) is 24.4 Å². The summed E-state index contributed by atoms with van der Waals surface area (Å²) in [6.45, 7) is 5.63. The van der Waals surface area contributed by atoms with E-state index in [0.29, 0.717) is 12.8 Å². The van der Waals surface area contributed by atoms with Gasteiger partial charge in [0.2, 0.25) is 5.91 Å². The first-order valence-electron chi connectivity index (χ1n) is 28.6. The molecule has 0 radical (unpaired) electrons.